The maximum absolute atomic E-state index is 6.04. The molecule has 0 aliphatic heterocycles. The third-order valence-corrected chi connectivity index (χ3v) is 4.90. The SMILES string of the molecule is CCCCCCCCB(c1ccc(Cl)cc1)c1ccc(Cl)cc1. The average molecular weight is 347 g/mol. The second-order valence-electron chi connectivity index (χ2n) is 6.21. The van der Waals surface area contributed by atoms with Crippen LogP contribution in [-0.4, -0.2) is 6.71 Å². The van der Waals surface area contributed by atoms with Crippen LogP contribution >= 0.6 is 23.2 Å². The Hall–Kier alpha value is -0.915. The zero-order valence-corrected chi connectivity index (χ0v) is 15.4. The zero-order chi connectivity index (χ0) is 16.5. The molecule has 2 aromatic carbocycles. The molecule has 0 saturated heterocycles. The van der Waals surface area contributed by atoms with Gasteiger partial charge in [-0.05, 0) is 24.3 Å². The largest absolute Gasteiger partial charge is 0.209 e. The highest BCUT2D eigenvalue weighted by Gasteiger charge is 2.18. The van der Waals surface area contributed by atoms with Crippen LogP contribution in [0.5, 0.6) is 0 Å². The fraction of sp³-hybridized carbons (Fsp3) is 0.400. The van der Waals surface area contributed by atoms with E-state index in [1.54, 1.807) is 0 Å². The van der Waals surface area contributed by atoms with E-state index in [0.717, 1.165) is 10.0 Å². The summed E-state index contributed by atoms with van der Waals surface area (Å²) in [6, 6.07) is 16.6. The molecular formula is C20H25BCl2. The molecule has 0 N–H and O–H groups in total. The Morgan fingerprint density at radius 2 is 1.09 bits per heavy atom. The second kappa shape index (κ2) is 10.1. The smallest absolute Gasteiger partial charge is 0.0843 e. The van der Waals surface area contributed by atoms with Crippen molar-refractivity contribution >= 4 is 40.8 Å². The van der Waals surface area contributed by atoms with E-state index in [2.05, 4.69) is 31.2 Å². The maximum atomic E-state index is 6.04. The highest BCUT2D eigenvalue weighted by molar-refractivity contribution is 6.85. The summed E-state index contributed by atoms with van der Waals surface area (Å²) < 4.78 is 0. The standard InChI is InChI=1S/C20H25BCl2/c1-2-3-4-5-6-7-16-21(17-8-12-19(22)13-9-17)18-10-14-20(23)15-11-18/h8-15H,2-7,16H2,1H3. The van der Waals surface area contributed by atoms with Gasteiger partial charge in [0.2, 0.25) is 6.71 Å². The van der Waals surface area contributed by atoms with Gasteiger partial charge in [0.1, 0.15) is 0 Å². The van der Waals surface area contributed by atoms with Gasteiger partial charge in [0, 0.05) is 10.0 Å². The average Bonchev–Trinajstić information content (AvgIpc) is 2.57. The van der Waals surface area contributed by atoms with E-state index >= 15 is 0 Å². The number of benzene rings is 2. The molecule has 122 valence electrons. The van der Waals surface area contributed by atoms with E-state index in [1.165, 1.54) is 55.8 Å². The predicted octanol–water partition coefficient (Wildman–Crippen LogP) is 5.96. The Balaban J connectivity index is 2.02. The molecule has 3 heteroatoms. The van der Waals surface area contributed by atoms with Crippen LogP contribution in [0.3, 0.4) is 0 Å². The third-order valence-electron chi connectivity index (χ3n) is 4.39. The summed E-state index contributed by atoms with van der Waals surface area (Å²) in [6.45, 7) is 2.69. The molecule has 0 spiro atoms. The van der Waals surface area contributed by atoms with Crippen molar-refractivity contribution in [2.45, 2.75) is 51.8 Å². The molecule has 0 saturated carbocycles. The van der Waals surface area contributed by atoms with E-state index in [1.807, 2.05) is 24.3 Å². The van der Waals surface area contributed by atoms with E-state index in [4.69, 9.17) is 23.2 Å². The van der Waals surface area contributed by atoms with Crippen molar-refractivity contribution < 1.29 is 0 Å². The van der Waals surface area contributed by atoms with Crippen LogP contribution in [0, 0.1) is 0 Å². The normalized spacial score (nSPS) is 10.7. The molecule has 2 rings (SSSR count). The minimum absolute atomic E-state index is 0.427. The molecule has 0 aliphatic carbocycles. The van der Waals surface area contributed by atoms with Crippen molar-refractivity contribution in [3.8, 4) is 0 Å². The highest BCUT2D eigenvalue weighted by atomic mass is 35.5. The van der Waals surface area contributed by atoms with Gasteiger partial charge in [0.05, 0.1) is 0 Å². The molecule has 23 heavy (non-hydrogen) atoms. The quantitative estimate of drug-likeness (QED) is 0.388. The molecule has 0 fully saturated rings. The number of unbranched alkanes of at least 4 members (excludes halogenated alkanes) is 5. The fourth-order valence-electron chi connectivity index (χ4n) is 3.04. The van der Waals surface area contributed by atoms with Gasteiger partial charge in [0.25, 0.3) is 0 Å². The predicted molar refractivity (Wildman–Crippen MR) is 106 cm³/mol. The van der Waals surface area contributed by atoms with Crippen molar-refractivity contribution in [1.82, 2.24) is 0 Å². The summed E-state index contributed by atoms with van der Waals surface area (Å²) in [7, 11) is 0. The Bertz CT molecular complexity index is 518. The van der Waals surface area contributed by atoms with Crippen LogP contribution in [0.25, 0.3) is 0 Å². The lowest BCUT2D eigenvalue weighted by atomic mass is 9.38. The minimum atomic E-state index is 0.427. The third kappa shape index (κ3) is 6.24. The van der Waals surface area contributed by atoms with Crippen molar-refractivity contribution in [3.05, 3.63) is 58.6 Å². The molecule has 0 nitrogen and oxygen atoms in total. The fourth-order valence-corrected chi connectivity index (χ4v) is 3.30. The first-order valence-corrected chi connectivity index (χ1v) is 9.47. The van der Waals surface area contributed by atoms with Gasteiger partial charge in [0.15, 0.2) is 0 Å². The van der Waals surface area contributed by atoms with Crippen molar-refractivity contribution in [2.24, 2.45) is 0 Å². The van der Waals surface area contributed by atoms with Crippen LogP contribution < -0.4 is 10.9 Å². The number of hydrogen-bond acceptors (Lipinski definition) is 0. The molecule has 0 aliphatic rings. The molecule has 0 unspecified atom stereocenters. The van der Waals surface area contributed by atoms with Gasteiger partial charge in [-0.1, -0.05) is 110 Å². The summed E-state index contributed by atoms with van der Waals surface area (Å²) in [5, 5.41) is 1.59. The van der Waals surface area contributed by atoms with Crippen molar-refractivity contribution in [1.29, 1.82) is 0 Å². The number of rotatable bonds is 9. The Labute approximate surface area is 151 Å². The van der Waals surface area contributed by atoms with Gasteiger partial charge >= 0.3 is 0 Å². The Kier molecular flexibility index (Phi) is 8.05. The summed E-state index contributed by atoms with van der Waals surface area (Å²) in [4.78, 5) is 0. The first-order chi connectivity index (χ1) is 11.2. The molecule has 0 bridgehead atoms. The minimum Gasteiger partial charge on any atom is -0.0843 e. The Morgan fingerprint density at radius 3 is 1.57 bits per heavy atom. The molecule has 0 heterocycles. The summed E-state index contributed by atoms with van der Waals surface area (Å²) >= 11 is 12.1. The molecular weight excluding hydrogens is 322 g/mol. The van der Waals surface area contributed by atoms with Crippen molar-refractivity contribution in [3.63, 3.8) is 0 Å². The zero-order valence-electron chi connectivity index (χ0n) is 13.9. The van der Waals surface area contributed by atoms with E-state index in [9.17, 15) is 0 Å². The van der Waals surface area contributed by atoms with Crippen LogP contribution in [0.4, 0.5) is 0 Å². The van der Waals surface area contributed by atoms with Crippen molar-refractivity contribution in [2.75, 3.05) is 0 Å². The molecule has 0 radical (unpaired) electrons. The number of halogens is 2. The first-order valence-electron chi connectivity index (χ1n) is 8.71. The molecule has 2 aromatic rings. The molecule has 0 amide bonds. The van der Waals surface area contributed by atoms with Gasteiger partial charge in [-0.3, -0.25) is 0 Å². The van der Waals surface area contributed by atoms with Gasteiger partial charge in [-0.2, -0.15) is 0 Å². The van der Waals surface area contributed by atoms with Crippen LogP contribution in [0.15, 0.2) is 48.5 Å². The maximum Gasteiger partial charge on any atom is 0.209 e. The lowest BCUT2D eigenvalue weighted by Gasteiger charge is -2.15. The second-order valence-corrected chi connectivity index (χ2v) is 7.09. The van der Waals surface area contributed by atoms with Gasteiger partial charge < -0.3 is 0 Å². The topological polar surface area (TPSA) is 0 Å². The van der Waals surface area contributed by atoms with Gasteiger partial charge in [-0.25, -0.2) is 0 Å². The highest BCUT2D eigenvalue weighted by Crippen LogP contribution is 2.12. The van der Waals surface area contributed by atoms with E-state index < -0.39 is 0 Å². The lowest BCUT2D eigenvalue weighted by Crippen LogP contribution is -2.41. The first kappa shape index (κ1) is 18.4. The number of hydrogen-bond donors (Lipinski definition) is 0. The Morgan fingerprint density at radius 1 is 0.652 bits per heavy atom. The lowest BCUT2D eigenvalue weighted by molar-refractivity contribution is 0.624. The van der Waals surface area contributed by atoms with Crippen LogP contribution in [-0.2, 0) is 0 Å². The van der Waals surface area contributed by atoms with E-state index in [0.29, 0.717) is 6.71 Å². The summed E-state index contributed by atoms with van der Waals surface area (Å²) in [6.07, 6.45) is 9.13. The molecule has 0 aromatic heterocycles. The summed E-state index contributed by atoms with van der Waals surface area (Å²) in [5.41, 5.74) is 2.68. The molecule has 0 atom stereocenters. The summed E-state index contributed by atoms with van der Waals surface area (Å²) in [5.74, 6) is 0. The van der Waals surface area contributed by atoms with Gasteiger partial charge in [-0.15, -0.1) is 0 Å². The van der Waals surface area contributed by atoms with Crippen LogP contribution in [0.1, 0.15) is 45.4 Å². The van der Waals surface area contributed by atoms with E-state index in [-0.39, 0.29) is 0 Å². The monoisotopic (exact) mass is 346 g/mol. The van der Waals surface area contributed by atoms with Crippen LogP contribution in [0.2, 0.25) is 16.4 Å².